The van der Waals surface area contributed by atoms with Crippen molar-refractivity contribution in [3.8, 4) is 0 Å². The minimum absolute atomic E-state index is 0.0131. The van der Waals surface area contributed by atoms with Crippen LogP contribution in [0.15, 0.2) is 11.0 Å². The van der Waals surface area contributed by atoms with Crippen molar-refractivity contribution in [2.45, 2.75) is 39.4 Å². The van der Waals surface area contributed by atoms with E-state index in [0.29, 0.717) is 0 Å². The molecule has 1 amide bonds. The number of fused-ring (bicyclic) bond motifs is 1. The van der Waals surface area contributed by atoms with E-state index in [2.05, 4.69) is 5.32 Å². The molecule has 0 spiro atoms. The van der Waals surface area contributed by atoms with Crippen LogP contribution in [-0.2, 0) is 9.53 Å². The number of benzene rings is 1. The van der Waals surface area contributed by atoms with Gasteiger partial charge in [0.05, 0.1) is 29.2 Å². The quantitative estimate of drug-likeness (QED) is 0.825. The average Bonchev–Trinajstić information content (AvgIpc) is 3.33. The molecule has 1 N–H and O–H groups in total. The van der Waals surface area contributed by atoms with E-state index in [0.717, 1.165) is 13.1 Å². The summed E-state index contributed by atoms with van der Waals surface area (Å²) < 4.78 is 48.8. The highest BCUT2D eigenvalue weighted by Crippen LogP contribution is 2.42. The number of aryl methyl sites for hydroxylation is 1. The summed E-state index contributed by atoms with van der Waals surface area (Å²) in [5, 5.41) is 1.71. The molecule has 1 fully saturated rings. The zero-order valence-electron chi connectivity index (χ0n) is 14.9. The fraction of sp³-hybridized carbons (Fsp3) is 0.389. The predicted octanol–water partition coefficient (Wildman–Crippen LogP) is 3.01. The first kappa shape index (κ1) is 18.9. The van der Waals surface area contributed by atoms with E-state index in [1.165, 1.54) is 18.4 Å². The number of amides is 1. The lowest BCUT2D eigenvalue weighted by molar-refractivity contribution is -0.114. The first-order valence-electron chi connectivity index (χ1n) is 8.34. The molecule has 1 aliphatic carbocycles. The SMILES string of the molecule is CCOC(=O)c1cn([C@@H]2C[C@@H]2F)c2c(C)c(F)c(F)c(NC(C)=O)c2c1=O. The van der Waals surface area contributed by atoms with Gasteiger partial charge in [0.25, 0.3) is 0 Å². The minimum atomic E-state index is -1.42. The maximum Gasteiger partial charge on any atom is 0.343 e. The molecular formula is C18H17F3N2O4. The second kappa shape index (κ2) is 6.71. The third-order valence-corrected chi connectivity index (χ3v) is 4.42. The number of hydrogen-bond acceptors (Lipinski definition) is 4. The summed E-state index contributed by atoms with van der Waals surface area (Å²) >= 11 is 0. The van der Waals surface area contributed by atoms with Crippen molar-refractivity contribution in [2.75, 3.05) is 11.9 Å². The number of nitrogens with zero attached hydrogens (tertiary/aromatic N) is 1. The molecule has 0 unspecified atom stereocenters. The first-order valence-corrected chi connectivity index (χ1v) is 8.34. The number of aromatic nitrogens is 1. The van der Waals surface area contributed by atoms with E-state index in [4.69, 9.17) is 4.74 Å². The predicted molar refractivity (Wildman–Crippen MR) is 91.7 cm³/mol. The summed E-state index contributed by atoms with van der Waals surface area (Å²) in [5.74, 6) is -4.39. The summed E-state index contributed by atoms with van der Waals surface area (Å²) in [6.45, 7) is 3.84. The van der Waals surface area contributed by atoms with Crippen molar-refractivity contribution < 1.29 is 27.5 Å². The number of pyridine rings is 1. The topological polar surface area (TPSA) is 77.4 Å². The van der Waals surface area contributed by atoms with Gasteiger partial charge in [0.1, 0.15) is 11.7 Å². The molecule has 1 aromatic carbocycles. The Kier molecular flexibility index (Phi) is 4.71. The zero-order chi connectivity index (χ0) is 20.0. The standard InChI is InChI=1S/C18H17F3N2O4/c1-4-27-18(26)9-6-23(11-5-10(11)19)16-7(2)13(20)14(21)15(22-8(3)24)12(16)17(9)25/h6,10-11H,4-5H2,1-3H3,(H,22,24)/t10-,11+/m0/s1. The molecule has 1 saturated carbocycles. The lowest BCUT2D eigenvalue weighted by Crippen LogP contribution is -2.24. The van der Waals surface area contributed by atoms with Crippen LogP contribution in [0.1, 0.15) is 42.2 Å². The second-order valence-electron chi connectivity index (χ2n) is 6.35. The molecule has 0 radical (unpaired) electrons. The van der Waals surface area contributed by atoms with E-state index in [-0.39, 0.29) is 24.1 Å². The van der Waals surface area contributed by atoms with Gasteiger partial charge in [-0.25, -0.2) is 18.0 Å². The molecule has 3 rings (SSSR count). The maximum atomic E-state index is 14.5. The highest BCUT2D eigenvalue weighted by Gasteiger charge is 2.41. The number of halogens is 3. The van der Waals surface area contributed by atoms with Gasteiger partial charge in [0.15, 0.2) is 11.6 Å². The number of anilines is 1. The third-order valence-electron chi connectivity index (χ3n) is 4.42. The number of nitrogens with one attached hydrogen (secondary N) is 1. The summed E-state index contributed by atoms with van der Waals surface area (Å²) in [5.41, 5.74) is -2.34. The number of esters is 1. The summed E-state index contributed by atoms with van der Waals surface area (Å²) in [4.78, 5) is 36.5. The molecule has 2 atom stereocenters. The summed E-state index contributed by atoms with van der Waals surface area (Å²) in [6.07, 6.45) is -0.0365. The smallest absolute Gasteiger partial charge is 0.343 e. The summed E-state index contributed by atoms with van der Waals surface area (Å²) in [6, 6.07) is -0.727. The molecule has 0 saturated heterocycles. The Bertz CT molecular complexity index is 1030. The van der Waals surface area contributed by atoms with Crippen LogP contribution in [-0.4, -0.2) is 29.2 Å². The first-order chi connectivity index (χ1) is 12.7. The van der Waals surface area contributed by atoms with Gasteiger partial charge in [-0.3, -0.25) is 9.59 Å². The second-order valence-corrected chi connectivity index (χ2v) is 6.35. The van der Waals surface area contributed by atoms with Crippen molar-refractivity contribution in [2.24, 2.45) is 0 Å². The van der Waals surface area contributed by atoms with Crippen molar-refractivity contribution in [1.29, 1.82) is 0 Å². The van der Waals surface area contributed by atoms with Crippen LogP contribution in [0.4, 0.5) is 18.9 Å². The third kappa shape index (κ3) is 3.07. The molecule has 1 aromatic heterocycles. The Morgan fingerprint density at radius 1 is 1.33 bits per heavy atom. The zero-order valence-corrected chi connectivity index (χ0v) is 14.9. The normalized spacial score (nSPS) is 18.4. The lowest BCUT2D eigenvalue weighted by atomic mass is 10.0. The van der Waals surface area contributed by atoms with Crippen LogP contribution in [0.2, 0.25) is 0 Å². The fourth-order valence-corrected chi connectivity index (χ4v) is 3.08. The summed E-state index contributed by atoms with van der Waals surface area (Å²) in [7, 11) is 0. The van der Waals surface area contributed by atoms with Crippen LogP contribution < -0.4 is 10.7 Å². The van der Waals surface area contributed by atoms with Crippen LogP contribution in [0.5, 0.6) is 0 Å². The van der Waals surface area contributed by atoms with Gasteiger partial charge >= 0.3 is 5.97 Å². The van der Waals surface area contributed by atoms with Crippen molar-refractivity contribution >= 4 is 28.5 Å². The van der Waals surface area contributed by atoms with Crippen molar-refractivity contribution in [1.82, 2.24) is 4.57 Å². The van der Waals surface area contributed by atoms with Gasteiger partial charge in [-0.05, 0) is 13.8 Å². The number of alkyl halides is 1. The largest absolute Gasteiger partial charge is 0.462 e. The number of ether oxygens (including phenoxy) is 1. The van der Waals surface area contributed by atoms with E-state index >= 15 is 0 Å². The van der Waals surface area contributed by atoms with E-state index < -0.39 is 57.8 Å². The molecule has 6 nitrogen and oxygen atoms in total. The molecule has 0 aliphatic heterocycles. The fourth-order valence-electron chi connectivity index (χ4n) is 3.08. The van der Waals surface area contributed by atoms with E-state index in [1.54, 1.807) is 0 Å². The van der Waals surface area contributed by atoms with Gasteiger partial charge in [0, 0.05) is 25.1 Å². The Morgan fingerprint density at radius 3 is 2.48 bits per heavy atom. The highest BCUT2D eigenvalue weighted by molar-refractivity contribution is 6.04. The molecule has 27 heavy (non-hydrogen) atoms. The molecule has 2 aromatic rings. The Morgan fingerprint density at radius 2 is 1.96 bits per heavy atom. The molecular weight excluding hydrogens is 365 g/mol. The Hall–Kier alpha value is -2.84. The maximum absolute atomic E-state index is 14.5. The minimum Gasteiger partial charge on any atom is -0.462 e. The Balaban J connectivity index is 2.48. The van der Waals surface area contributed by atoms with Gasteiger partial charge < -0.3 is 14.6 Å². The number of rotatable bonds is 4. The van der Waals surface area contributed by atoms with E-state index in [9.17, 15) is 27.6 Å². The molecule has 0 bridgehead atoms. The van der Waals surface area contributed by atoms with Crippen molar-refractivity contribution in [3.05, 3.63) is 39.2 Å². The molecule has 9 heteroatoms. The van der Waals surface area contributed by atoms with Gasteiger partial charge in [-0.2, -0.15) is 0 Å². The number of carbonyl (C=O) groups excluding carboxylic acids is 2. The van der Waals surface area contributed by atoms with E-state index in [1.807, 2.05) is 0 Å². The van der Waals surface area contributed by atoms with Crippen LogP contribution in [0.25, 0.3) is 10.9 Å². The number of carbonyl (C=O) groups is 2. The average molecular weight is 382 g/mol. The Labute approximate surface area is 151 Å². The van der Waals surface area contributed by atoms with Crippen LogP contribution in [0.3, 0.4) is 0 Å². The van der Waals surface area contributed by atoms with Gasteiger partial charge in [-0.15, -0.1) is 0 Å². The number of hydrogen-bond donors (Lipinski definition) is 1. The highest BCUT2D eigenvalue weighted by atomic mass is 19.2. The van der Waals surface area contributed by atoms with Crippen LogP contribution in [0, 0.1) is 18.6 Å². The lowest BCUT2D eigenvalue weighted by Gasteiger charge is -2.18. The molecule has 1 heterocycles. The van der Waals surface area contributed by atoms with Gasteiger partial charge in [0.2, 0.25) is 11.3 Å². The van der Waals surface area contributed by atoms with Crippen molar-refractivity contribution in [3.63, 3.8) is 0 Å². The molecule has 144 valence electrons. The molecule has 1 aliphatic rings. The van der Waals surface area contributed by atoms with Gasteiger partial charge in [-0.1, -0.05) is 0 Å². The monoisotopic (exact) mass is 382 g/mol. The van der Waals surface area contributed by atoms with Crippen LogP contribution >= 0.6 is 0 Å².